The van der Waals surface area contributed by atoms with Gasteiger partial charge in [-0.05, 0) is 67.2 Å². The van der Waals surface area contributed by atoms with Crippen LogP contribution in [0.4, 0.5) is 0 Å². The Morgan fingerprint density at radius 1 is 1.00 bits per heavy atom. The van der Waals surface area contributed by atoms with Gasteiger partial charge < -0.3 is 4.43 Å². The average molecular weight is 449 g/mol. The van der Waals surface area contributed by atoms with E-state index in [9.17, 15) is 4.79 Å². The number of fused-ring (bicyclic) bond motifs is 1. The van der Waals surface area contributed by atoms with Crippen molar-refractivity contribution in [1.82, 2.24) is 0 Å². The molecule has 3 rings (SSSR count). The summed E-state index contributed by atoms with van der Waals surface area (Å²) in [5.74, 6) is 1.09. The van der Waals surface area contributed by atoms with Crippen molar-refractivity contribution in [2.45, 2.75) is 72.1 Å². The van der Waals surface area contributed by atoms with Crippen molar-refractivity contribution >= 4 is 14.8 Å². The Labute approximate surface area is 196 Å². The summed E-state index contributed by atoms with van der Waals surface area (Å²) in [6.07, 6.45) is 9.89. The highest BCUT2D eigenvalue weighted by Crippen LogP contribution is 2.35. The lowest BCUT2D eigenvalue weighted by atomic mass is 9.76. The SMILES string of the molecule is C[SiH](C)OC(CCCC(C=CC1CC(=O)c2ccccc2C1)C(C)(C)C)c1ccccc1. The van der Waals surface area contributed by atoms with Crippen LogP contribution in [0.3, 0.4) is 0 Å². The van der Waals surface area contributed by atoms with Crippen LogP contribution in [0.15, 0.2) is 66.7 Å². The van der Waals surface area contributed by atoms with E-state index in [0.717, 1.165) is 31.2 Å². The topological polar surface area (TPSA) is 26.3 Å². The number of carbonyl (C=O) groups is 1. The van der Waals surface area contributed by atoms with Gasteiger partial charge in [-0.3, -0.25) is 4.79 Å². The number of allylic oxidation sites excluding steroid dienone is 2. The predicted molar refractivity (Wildman–Crippen MR) is 138 cm³/mol. The number of carbonyl (C=O) groups excluding carboxylic acids is 1. The molecule has 0 spiro atoms. The van der Waals surface area contributed by atoms with Crippen LogP contribution in [0.1, 0.15) is 74.0 Å². The molecule has 0 fully saturated rings. The third kappa shape index (κ3) is 7.01. The van der Waals surface area contributed by atoms with E-state index < -0.39 is 9.04 Å². The lowest BCUT2D eigenvalue weighted by Crippen LogP contribution is -2.21. The maximum atomic E-state index is 12.6. The Morgan fingerprint density at radius 2 is 1.69 bits per heavy atom. The molecule has 0 aliphatic heterocycles. The van der Waals surface area contributed by atoms with E-state index in [-0.39, 0.29) is 17.3 Å². The molecule has 2 aromatic carbocycles. The van der Waals surface area contributed by atoms with Crippen molar-refractivity contribution in [2.24, 2.45) is 17.3 Å². The number of benzene rings is 2. The number of ketones is 1. The van der Waals surface area contributed by atoms with Gasteiger partial charge in [0.15, 0.2) is 14.8 Å². The smallest absolute Gasteiger partial charge is 0.171 e. The first kappa shape index (κ1) is 24.7. The van der Waals surface area contributed by atoms with E-state index in [1.54, 1.807) is 0 Å². The monoisotopic (exact) mass is 448 g/mol. The molecule has 3 heteroatoms. The van der Waals surface area contributed by atoms with Crippen molar-refractivity contribution in [3.8, 4) is 0 Å². The third-order valence-corrected chi connectivity index (χ3v) is 7.44. The number of hydrogen-bond acceptors (Lipinski definition) is 2. The van der Waals surface area contributed by atoms with Crippen LogP contribution in [0, 0.1) is 17.3 Å². The predicted octanol–water partition coefficient (Wildman–Crippen LogP) is 7.56. The van der Waals surface area contributed by atoms with E-state index in [0.29, 0.717) is 18.3 Å². The van der Waals surface area contributed by atoms with Crippen molar-refractivity contribution in [2.75, 3.05) is 0 Å². The second-order valence-corrected chi connectivity index (χ2v) is 13.0. The summed E-state index contributed by atoms with van der Waals surface area (Å²) in [6, 6.07) is 18.8. The molecule has 32 heavy (non-hydrogen) atoms. The highest BCUT2D eigenvalue weighted by Gasteiger charge is 2.26. The lowest BCUT2D eigenvalue weighted by molar-refractivity contribution is 0.0958. The summed E-state index contributed by atoms with van der Waals surface area (Å²) in [5, 5.41) is 0. The fraction of sp³-hybridized carbons (Fsp3) is 0.483. The molecular formula is C29H40O2Si. The number of Topliss-reactive ketones (excluding diaryl/α,β-unsaturated/α-hetero) is 1. The Bertz CT molecular complexity index is 895. The molecule has 172 valence electrons. The minimum Gasteiger partial charge on any atom is -0.414 e. The summed E-state index contributed by atoms with van der Waals surface area (Å²) >= 11 is 0. The molecule has 0 radical (unpaired) electrons. The molecule has 0 heterocycles. The highest BCUT2D eigenvalue weighted by molar-refractivity contribution is 6.48. The summed E-state index contributed by atoms with van der Waals surface area (Å²) in [5.41, 5.74) is 3.62. The second kappa shape index (κ2) is 11.2. The summed E-state index contributed by atoms with van der Waals surface area (Å²) in [7, 11) is -1.11. The first-order chi connectivity index (χ1) is 15.2. The van der Waals surface area contributed by atoms with Crippen LogP contribution in [-0.4, -0.2) is 14.8 Å². The van der Waals surface area contributed by atoms with Crippen molar-refractivity contribution in [3.05, 3.63) is 83.4 Å². The van der Waals surface area contributed by atoms with Gasteiger partial charge in [0.25, 0.3) is 0 Å². The van der Waals surface area contributed by atoms with Gasteiger partial charge in [0.1, 0.15) is 0 Å². The molecule has 3 atom stereocenters. The number of rotatable bonds is 9. The highest BCUT2D eigenvalue weighted by atomic mass is 28.3. The largest absolute Gasteiger partial charge is 0.414 e. The van der Waals surface area contributed by atoms with Crippen LogP contribution in [0.25, 0.3) is 0 Å². The molecule has 0 saturated carbocycles. The molecule has 0 aromatic heterocycles. The first-order valence-corrected chi connectivity index (χ1v) is 15.0. The normalized spacial score (nSPS) is 18.7. The van der Waals surface area contributed by atoms with Gasteiger partial charge in [0.2, 0.25) is 0 Å². The van der Waals surface area contributed by atoms with E-state index >= 15 is 0 Å². The zero-order valence-electron chi connectivity index (χ0n) is 20.5. The quantitative estimate of drug-likeness (QED) is 0.292. The summed E-state index contributed by atoms with van der Waals surface area (Å²) in [4.78, 5) is 12.6. The molecule has 2 nitrogen and oxygen atoms in total. The van der Waals surface area contributed by atoms with Crippen LogP contribution in [-0.2, 0) is 10.8 Å². The minimum atomic E-state index is -1.11. The minimum absolute atomic E-state index is 0.197. The molecule has 2 aromatic rings. The van der Waals surface area contributed by atoms with Gasteiger partial charge in [0.05, 0.1) is 6.10 Å². The standard InChI is InChI=1S/C29H40O2Si/c1-29(2,3)25(15-11-17-28(31-32(4)5)23-12-7-6-8-13-23)19-18-22-20-24-14-9-10-16-26(24)27(30)21-22/h6-10,12-14,16,18-19,22,25,28,32H,11,15,17,20-21H2,1-5H3. The molecule has 0 saturated heterocycles. The zero-order valence-corrected chi connectivity index (χ0v) is 21.7. The van der Waals surface area contributed by atoms with Crippen molar-refractivity contribution in [1.29, 1.82) is 0 Å². The van der Waals surface area contributed by atoms with Crippen molar-refractivity contribution < 1.29 is 9.22 Å². The molecular weight excluding hydrogens is 408 g/mol. The van der Waals surface area contributed by atoms with E-state index in [1.807, 2.05) is 18.2 Å². The van der Waals surface area contributed by atoms with E-state index in [2.05, 4.69) is 82.4 Å². The Morgan fingerprint density at radius 3 is 2.38 bits per heavy atom. The van der Waals surface area contributed by atoms with Gasteiger partial charge in [-0.25, -0.2) is 0 Å². The van der Waals surface area contributed by atoms with Crippen LogP contribution >= 0.6 is 0 Å². The Kier molecular flexibility index (Phi) is 8.67. The van der Waals surface area contributed by atoms with Gasteiger partial charge in [0, 0.05) is 12.0 Å². The van der Waals surface area contributed by atoms with Crippen LogP contribution in [0.2, 0.25) is 13.1 Å². The van der Waals surface area contributed by atoms with Gasteiger partial charge in [-0.15, -0.1) is 0 Å². The molecule has 0 bridgehead atoms. The summed E-state index contributed by atoms with van der Waals surface area (Å²) in [6.45, 7) is 11.5. The molecule has 0 N–H and O–H groups in total. The first-order valence-electron chi connectivity index (χ1n) is 12.2. The fourth-order valence-electron chi connectivity index (χ4n) is 4.75. The van der Waals surface area contributed by atoms with E-state index in [1.165, 1.54) is 11.1 Å². The Balaban J connectivity index is 1.62. The summed E-state index contributed by atoms with van der Waals surface area (Å²) < 4.78 is 6.39. The lowest BCUT2D eigenvalue weighted by Gasteiger charge is -2.30. The van der Waals surface area contributed by atoms with Crippen LogP contribution < -0.4 is 0 Å². The number of hydrogen-bond donors (Lipinski definition) is 0. The third-order valence-electron chi connectivity index (χ3n) is 6.56. The van der Waals surface area contributed by atoms with Gasteiger partial charge in [-0.1, -0.05) is 87.5 Å². The van der Waals surface area contributed by atoms with Gasteiger partial charge in [-0.2, -0.15) is 0 Å². The van der Waals surface area contributed by atoms with Gasteiger partial charge >= 0.3 is 0 Å². The molecule has 1 aliphatic rings. The molecule has 0 amide bonds. The van der Waals surface area contributed by atoms with Crippen molar-refractivity contribution in [3.63, 3.8) is 0 Å². The maximum absolute atomic E-state index is 12.6. The molecule has 3 unspecified atom stereocenters. The molecule has 1 aliphatic carbocycles. The van der Waals surface area contributed by atoms with E-state index in [4.69, 9.17) is 4.43 Å². The maximum Gasteiger partial charge on any atom is 0.171 e. The van der Waals surface area contributed by atoms with Crippen LogP contribution in [0.5, 0.6) is 0 Å². The fourth-order valence-corrected chi connectivity index (χ4v) is 5.70. The average Bonchev–Trinajstić information content (AvgIpc) is 2.75. The second-order valence-electron chi connectivity index (χ2n) is 10.6. The Hall–Kier alpha value is -1.97. The zero-order chi connectivity index (χ0) is 23.1.